The van der Waals surface area contributed by atoms with Crippen LogP contribution in [-0.4, -0.2) is 29.3 Å². The molecule has 0 radical (unpaired) electrons. The zero-order valence-electron chi connectivity index (χ0n) is 15.6. The van der Waals surface area contributed by atoms with Gasteiger partial charge in [0.1, 0.15) is 0 Å². The first-order valence-electron chi connectivity index (χ1n) is 8.67. The fraction of sp³-hybridized carbons (Fsp3) is 0.368. The molecular formula is C19H24BN3O3. The topological polar surface area (TPSA) is 72.5 Å². The second kappa shape index (κ2) is 7.09. The van der Waals surface area contributed by atoms with Gasteiger partial charge in [-0.2, -0.15) is 0 Å². The second-order valence-electron chi connectivity index (χ2n) is 7.34. The lowest BCUT2D eigenvalue weighted by atomic mass is 9.79. The summed E-state index contributed by atoms with van der Waals surface area (Å²) >= 11 is 0. The van der Waals surface area contributed by atoms with Gasteiger partial charge in [-0.1, -0.05) is 18.2 Å². The quantitative estimate of drug-likeness (QED) is 0.829. The number of carbonyl (C=O) groups is 1. The second-order valence-corrected chi connectivity index (χ2v) is 7.34. The highest BCUT2D eigenvalue weighted by molar-refractivity contribution is 6.62. The molecule has 2 amide bonds. The van der Waals surface area contributed by atoms with Crippen LogP contribution in [0.25, 0.3) is 0 Å². The summed E-state index contributed by atoms with van der Waals surface area (Å²) in [4.78, 5) is 16.3. The van der Waals surface area contributed by atoms with Gasteiger partial charge in [-0.05, 0) is 57.4 Å². The number of urea groups is 1. The smallest absolute Gasteiger partial charge is 0.399 e. The van der Waals surface area contributed by atoms with Crippen molar-refractivity contribution in [3.8, 4) is 0 Å². The molecule has 0 saturated carbocycles. The number of nitrogens with zero attached hydrogens (tertiary/aromatic N) is 1. The fourth-order valence-corrected chi connectivity index (χ4v) is 2.59. The van der Waals surface area contributed by atoms with Gasteiger partial charge in [0.25, 0.3) is 0 Å². The molecule has 3 rings (SSSR count). The Balaban J connectivity index is 1.62. The molecule has 7 heteroatoms. The van der Waals surface area contributed by atoms with E-state index in [1.54, 1.807) is 6.20 Å². The number of anilines is 1. The normalized spacial score (nSPS) is 17.8. The third kappa shape index (κ3) is 4.06. The summed E-state index contributed by atoms with van der Waals surface area (Å²) in [6, 6.07) is 12.8. The maximum atomic E-state index is 12.1. The highest BCUT2D eigenvalue weighted by Gasteiger charge is 2.51. The molecule has 2 N–H and O–H groups in total. The van der Waals surface area contributed by atoms with Crippen LogP contribution in [0.1, 0.15) is 33.4 Å². The van der Waals surface area contributed by atoms with E-state index in [1.165, 1.54) is 0 Å². The monoisotopic (exact) mass is 353 g/mol. The van der Waals surface area contributed by atoms with Gasteiger partial charge in [0.05, 0.1) is 23.4 Å². The van der Waals surface area contributed by atoms with Gasteiger partial charge in [-0.3, -0.25) is 4.98 Å². The Hall–Kier alpha value is -2.38. The van der Waals surface area contributed by atoms with Crippen LogP contribution < -0.4 is 16.1 Å². The minimum absolute atomic E-state index is 0.290. The minimum atomic E-state index is -0.460. The third-order valence-corrected chi connectivity index (χ3v) is 4.83. The third-order valence-electron chi connectivity index (χ3n) is 4.83. The number of pyridine rings is 1. The Bertz CT molecular complexity index is 765. The molecule has 1 aromatic heterocycles. The van der Waals surface area contributed by atoms with Gasteiger partial charge in [-0.25, -0.2) is 4.79 Å². The van der Waals surface area contributed by atoms with Crippen LogP contribution >= 0.6 is 0 Å². The largest absolute Gasteiger partial charge is 0.494 e. The molecule has 0 spiro atoms. The number of benzene rings is 1. The zero-order valence-corrected chi connectivity index (χ0v) is 15.6. The maximum absolute atomic E-state index is 12.1. The van der Waals surface area contributed by atoms with E-state index in [4.69, 9.17) is 9.31 Å². The van der Waals surface area contributed by atoms with Crippen LogP contribution in [0, 0.1) is 0 Å². The number of nitrogens with one attached hydrogen (secondary N) is 2. The Kier molecular flexibility index (Phi) is 5.02. The molecule has 136 valence electrons. The predicted octanol–water partition coefficient (Wildman–Crippen LogP) is 2.70. The highest BCUT2D eigenvalue weighted by atomic mass is 16.7. The van der Waals surface area contributed by atoms with E-state index in [0.29, 0.717) is 12.2 Å². The molecule has 1 aliphatic rings. The summed E-state index contributed by atoms with van der Waals surface area (Å²) in [6.45, 7) is 8.42. The molecular weight excluding hydrogens is 329 g/mol. The van der Waals surface area contributed by atoms with E-state index in [9.17, 15) is 4.79 Å². The van der Waals surface area contributed by atoms with Crippen molar-refractivity contribution in [2.24, 2.45) is 0 Å². The van der Waals surface area contributed by atoms with Crippen molar-refractivity contribution in [2.45, 2.75) is 45.4 Å². The first kappa shape index (κ1) is 18.4. The molecule has 1 saturated heterocycles. The SMILES string of the molecule is CC1(C)OB(c2cccc(NC(=O)NCc3ccccn3)c2)OC1(C)C. The van der Waals surface area contributed by atoms with Gasteiger partial charge in [-0.15, -0.1) is 0 Å². The number of aromatic nitrogens is 1. The van der Waals surface area contributed by atoms with Crippen LogP contribution in [0.2, 0.25) is 0 Å². The summed E-state index contributed by atoms with van der Waals surface area (Å²) in [5, 5.41) is 5.62. The van der Waals surface area contributed by atoms with E-state index in [0.717, 1.165) is 11.2 Å². The Labute approximate surface area is 154 Å². The van der Waals surface area contributed by atoms with E-state index in [-0.39, 0.29) is 6.03 Å². The van der Waals surface area contributed by atoms with E-state index in [2.05, 4.69) is 15.6 Å². The number of carbonyl (C=O) groups excluding carboxylic acids is 1. The predicted molar refractivity (Wildman–Crippen MR) is 102 cm³/mol. The molecule has 1 fully saturated rings. The van der Waals surface area contributed by atoms with Crippen molar-refractivity contribution in [1.82, 2.24) is 10.3 Å². The summed E-state index contributed by atoms with van der Waals surface area (Å²) in [6.07, 6.45) is 1.70. The molecule has 0 bridgehead atoms. The molecule has 2 heterocycles. The van der Waals surface area contributed by atoms with E-state index < -0.39 is 18.3 Å². The summed E-state index contributed by atoms with van der Waals surface area (Å²) in [7, 11) is -0.460. The van der Waals surface area contributed by atoms with Crippen LogP contribution in [0.15, 0.2) is 48.7 Å². The van der Waals surface area contributed by atoms with Crippen molar-refractivity contribution in [3.05, 3.63) is 54.4 Å². The maximum Gasteiger partial charge on any atom is 0.494 e. The van der Waals surface area contributed by atoms with Crippen molar-refractivity contribution >= 4 is 24.3 Å². The summed E-state index contributed by atoms with van der Waals surface area (Å²) < 4.78 is 12.1. The van der Waals surface area contributed by atoms with Gasteiger partial charge in [0.15, 0.2) is 0 Å². The minimum Gasteiger partial charge on any atom is -0.399 e. The lowest BCUT2D eigenvalue weighted by molar-refractivity contribution is 0.00578. The van der Waals surface area contributed by atoms with Gasteiger partial charge in [0.2, 0.25) is 0 Å². The first-order valence-corrected chi connectivity index (χ1v) is 8.67. The Morgan fingerprint density at radius 1 is 1.08 bits per heavy atom. The lowest BCUT2D eigenvalue weighted by Crippen LogP contribution is -2.41. The summed E-state index contributed by atoms with van der Waals surface area (Å²) in [5.41, 5.74) is 1.54. The van der Waals surface area contributed by atoms with Gasteiger partial charge < -0.3 is 19.9 Å². The van der Waals surface area contributed by atoms with Crippen molar-refractivity contribution in [2.75, 3.05) is 5.32 Å². The molecule has 1 aromatic carbocycles. The molecule has 26 heavy (non-hydrogen) atoms. The van der Waals surface area contributed by atoms with Crippen molar-refractivity contribution < 1.29 is 14.1 Å². The van der Waals surface area contributed by atoms with Gasteiger partial charge >= 0.3 is 13.1 Å². The Morgan fingerprint density at radius 2 is 1.81 bits per heavy atom. The highest BCUT2D eigenvalue weighted by Crippen LogP contribution is 2.36. The molecule has 0 atom stereocenters. The number of hydrogen-bond donors (Lipinski definition) is 2. The first-order chi connectivity index (χ1) is 12.3. The zero-order chi connectivity index (χ0) is 18.8. The summed E-state index contributed by atoms with van der Waals surface area (Å²) in [5.74, 6) is 0. The van der Waals surface area contributed by atoms with E-state index in [1.807, 2.05) is 70.2 Å². The standard InChI is InChI=1S/C19H24BN3O3/c1-18(2)19(3,4)26-20(25-18)14-8-7-10-15(12-14)23-17(24)22-13-16-9-5-6-11-21-16/h5-12H,13H2,1-4H3,(H2,22,23,24). The molecule has 0 unspecified atom stereocenters. The number of hydrogen-bond acceptors (Lipinski definition) is 4. The van der Waals surface area contributed by atoms with Crippen LogP contribution in [0.4, 0.5) is 10.5 Å². The van der Waals surface area contributed by atoms with Crippen LogP contribution in [-0.2, 0) is 15.9 Å². The number of amides is 2. The fourth-order valence-electron chi connectivity index (χ4n) is 2.59. The molecule has 6 nitrogen and oxygen atoms in total. The van der Waals surface area contributed by atoms with E-state index >= 15 is 0 Å². The lowest BCUT2D eigenvalue weighted by Gasteiger charge is -2.32. The van der Waals surface area contributed by atoms with Crippen LogP contribution in [0.3, 0.4) is 0 Å². The average molecular weight is 353 g/mol. The number of rotatable bonds is 4. The van der Waals surface area contributed by atoms with Crippen molar-refractivity contribution in [3.63, 3.8) is 0 Å². The molecule has 2 aromatic rings. The van der Waals surface area contributed by atoms with Gasteiger partial charge in [0, 0.05) is 11.9 Å². The molecule has 1 aliphatic heterocycles. The van der Waals surface area contributed by atoms with Crippen molar-refractivity contribution in [1.29, 1.82) is 0 Å². The molecule has 0 aliphatic carbocycles. The average Bonchev–Trinajstić information content (AvgIpc) is 2.82. The van der Waals surface area contributed by atoms with Crippen LogP contribution in [0.5, 0.6) is 0 Å². The Morgan fingerprint density at radius 3 is 2.46 bits per heavy atom.